The molecule has 0 aliphatic rings. The molecule has 1 heterocycles. The molecule has 1 amide bonds. The van der Waals surface area contributed by atoms with E-state index in [1.165, 1.54) is 5.56 Å². The third-order valence-corrected chi connectivity index (χ3v) is 4.79. The summed E-state index contributed by atoms with van der Waals surface area (Å²) in [6, 6.07) is 24.4. The number of aryl methyl sites for hydroxylation is 1. The second-order valence-corrected chi connectivity index (χ2v) is 7.25. The number of ether oxygens (including phenoxy) is 1. The number of benzene rings is 3. The molecule has 4 aromatic rings. The van der Waals surface area contributed by atoms with E-state index in [0.717, 1.165) is 17.0 Å². The molecule has 1 aromatic heterocycles. The summed E-state index contributed by atoms with van der Waals surface area (Å²) in [7, 11) is 0. The van der Waals surface area contributed by atoms with Crippen LogP contribution in [-0.4, -0.2) is 22.5 Å². The van der Waals surface area contributed by atoms with Gasteiger partial charge < -0.3 is 15.4 Å². The van der Waals surface area contributed by atoms with E-state index < -0.39 is 0 Å². The molecule has 0 aliphatic carbocycles. The van der Waals surface area contributed by atoms with Gasteiger partial charge in [-0.05, 0) is 62.4 Å². The lowest BCUT2D eigenvalue weighted by molar-refractivity contribution is 0.102. The summed E-state index contributed by atoms with van der Waals surface area (Å²) < 4.78 is 5.43. The topological polar surface area (TPSA) is 76.1 Å². The van der Waals surface area contributed by atoms with Crippen LogP contribution in [0.3, 0.4) is 0 Å². The lowest BCUT2D eigenvalue weighted by Crippen LogP contribution is -2.12. The molecule has 0 radical (unpaired) electrons. The third kappa shape index (κ3) is 5.29. The van der Waals surface area contributed by atoms with Gasteiger partial charge in [0.15, 0.2) is 5.82 Å². The molecule has 0 saturated heterocycles. The third-order valence-electron chi connectivity index (χ3n) is 4.79. The van der Waals surface area contributed by atoms with Gasteiger partial charge in [0.05, 0.1) is 6.61 Å². The van der Waals surface area contributed by atoms with Gasteiger partial charge >= 0.3 is 0 Å². The summed E-state index contributed by atoms with van der Waals surface area (Å²) in [6.07, 6.45) is 1.72. The average Bonchev–Trinajstić information content (AvgIpc) is 2.81. The van der Waals surface area contributed by atoms with Gasteiger partial charge in [-0.3, -0.25) is 4.79 Å². The van der Waals surface area contributed by atoms with Gasteiger partial charge in [-0.1, -0.05) is 35.9 Å². The Morgan fingerprint density at radius 1 is 0.938 bits per heavy atom. The zero-order valence-corrected chi connectivity index (χ0v) is 18.0. The van der Waals surface area contributed by atoms with Gasteiger partial charge in [0, 0.05) is 28.7 Å². The second-order valence-electron chi connectivity index (χ2n) is 7.25. The molecule has 32 heavy (non-hydrogen) atoms. The molecule has 0 unspecified atom stereocenters. The quantitative estimate of drug-likeness (QED) is 0.389. The summed E-state index contributed by atoms with van der Waals surface area (Å²) in [4.78, 5) is 21.7. The number of nitrogens with zero attached hydrogens (tertiary/aromatic N) is 2. The summed E-state index contributed by atoms with van der Waals surface area (Å²) in [5.74, 6) is 1.87. The first-order chi connectivity index (χ1) is 15.6. The molecule has 0 bridgehead atoms. The number of anilines is 3. The van der Waals surface area contributed by atoms with Crippen LogP contribution in [0.15, 0.2) is 85.1 Å². The molecule has 0 fully saturated rings. The normalized spacial score (nSPS) is 10.4. The Hall–Kier alpha value is -4.19. The smallest absolute Gasteiger partial charge is 0.255 e. The first kappa shape index (κ1) is 21.1. The molecular weight excluding hydrogens is 400 g/mol. The predicted molar refractivity (Wildman–Crippen MR) is 127 cm³/mol. The fraction of sp³-hybridized carbons (Fsp3) is 0.115. The Morgan fingerprint density at radius 3 is 2.47 bits per heavy atom. The number of nitrogens with one attached hydrogen (secondary N) is 2. The Morgan fingerprint density at radius 2 is 1.72 bits per heavy atom. The van der Waals surface area contributed by atoms with Crippen LogP contribution in [-0.2, 0) is 0 Å². The number of aromatic nitrogens is 2. The zero-order chi connectivity index (χ0) is 22.3. The minimum Gasteiger partial charge on any atom is -0.494 e. The van der Waals surface area contributed by atoms with Crippen molar-refractivity contribution in [3.63, 3.8) is 0 Å². The number of carbonyl (C=O) groups excluding carboxylic acids is 1. The van der Waals surface area contributed by atoms with Crippen LogP contribution in [0.1, 0.15) is 22.8 Å². The molecule has 6 nitrogen and oxygen atoms in total. The molecule has 0 atom stereocenters. The lowest BCUT2D eigenvalue weighted by Gasteiger charge is -2.10. The first-order valence-electron chi connectivity index (χ1n) is 10.4. The highest BCUT2D eigenvalue weighted by atomic mass is 16.5. The maximum atomic E-state index is 12.7. The highest BCUT2D eigenvalue weighted by Crippen LogP contribution is 2.21. The van der Waals surface area contributed by atoms with Crippen molar-refractivity contribution >= 4 is 23.1 Å². The van der Waals surface area contributed by atoms with E-state index in [2.05, 4.69) is 20.6 Å². The van der Waals surface area contributed by atoms with Gasteiger partial charge in [0.25, 0.3) is 5.91 Å². The van der Waals surface area contributed by atoms with E-state index in [-0.39, 0.29) is 5.91 Å². The van der Waals surface area contributed by atoms with Gasteiger partial charge in [0.2, 0.25) is 0 Å². The highest BCUT2D eigenvalue weighted by molar-refractivity contribution is 6.04. The van der Waals surface area contributed by atoms with Crippen LogP contribution in [0.5, 0.6) is 5.75 Å². The van der Waals surface area contributed by atoms with E-state index >= 15 is 0 Å². The van der Waals surface area contributed by atoms with Gasteiger partial charge in [-0.15, -0.1) is 0 Å². The SMILES string of the molecule is CCOc1ccc(NC(=O)c2cccc(Nc3ccnc(-c4ccc(C)cc4)n3)c2)cc1. The number of amides is 1. The fourth-order valence-electron chi connectivity index (χ4n) is 3.16. The standard InChI is InChI=1S/C26H24N4O2/c1-3-32-23-13-11-21(12-14-23)29-26(31)20-5-4-6-22(17-20)28-24-15-16-27-25(30-24)19-9-7-18(2)8-10-19/h4-17H,3H2,1-2H3,(H,29,31)(H,27,28,30). The van der Waals surface area contributed by atoms with Crippen molar-refractivity contribution in [1.82, 2.24) is 9.97 Å². The zero-order valence-electron chi connectivity index (χ0n) is 18.0. The number of hydrogen-bond acceptors (Lipinski definition) is 5. The number of carbonyl (C=O) groups is 1. The Bertz CT molecular complexity index is 1210. The van der Waals surface area contributed by atoms with Gasteiger partial charge in [-0.2, -0.15) is 0 Å². The second kappa shape index (κ2) is 9.75. The van der Waals surface area contributed by atoms with Crippen LogP contribution in [0.4, 0.5) is 17.2 Å². The van der Waals surface area contributed by atoms with Crippen LogP contribution in [0.25, 0.3) is 11.4 Å². The van der Waals surface area contributed by atoms with E-state index in [0.29, 0.717) is 29.5 Å². The summed E-state index contributed by atoms with van der Waals surface area (Å²) >= 11 is 0. The molecule has 160 valence electrons. The highest BCUT2D eigenvalue weighted by Gasteiger charge is 2.08. The number of hydrogen-bond donors (Lipinski definition) is 2. The Balaban J connectivity index is 1.46. The maximum Gasteiger partial charge on any atom is 0.255 e. The molecular formula is C26H24N4O2. The Labute approximate surface area is 187 Å². The minimum absolute atomic E-state index is 0.194. The van der Waals surface area contributed by atoms with Crippen LogP contribution < -0.4 is 15.4 Å². The van der Waals surface area contributed by atoms with Crippen LogP contribution in [0, 0.1) is 6.92 Å². The monoisotopic (exact) mass is 424 g/mol. The van der Waals surface area contributed by atoms with E-state index in [9.17, 15) is 4.79 Å². The van der Waals surface area contributed by atoms with E-state index in [4.69, 9.17) is 4.74 Å². The van der Waals surface area contributed by atoms with Gasteiger partial charge in [-0.25, -0.2) is 9.97 Å². The lowest BCUT2D eigenvalue weighted by atomic mass is 10.1. The molecule has 0 spiro atoms. The van der Waals surface area contributed by atoms with Gasteiger partial charge in [0.1, 0.15) is 11.6 Å². The summed E-state index contributed by atoms with van der Waals surface area (Å²) in [5.41, 5.74) is 4.14. The average molecular weight is 425 g/mol. The molecule has 3 aromatic carbocycles. The molecule has 6 heteroatoms. The molecule has 2 N–H and O–H groups in total. The largest absolute Gasteiger partial charge is 0.494 e. The molecule has 0 aliphatic heterocycles. The Kier molecular flexibility index (Phi) is 6.41. The summed E-state index contributed by atoms with van der Waals surface area (Å²) in [5, 5.41) is 6.16. The van der Waals surface area contributed by atoms with Crippen molar-refractivity contribution < 1.29 is 9.53 Å². The molecule has 4 rings (SSSR count). The predicted octanol–water partition coefficient (Wildman–Crippen LogP) is 5.85. The van der Waals surface area contributed by atoms with Crippen molar-refractivity contribution in [3.8, 4) is 17.1 Å². The number of rotatable bonds is 7. The van der Waals surface area contributed by atoms with E-state index in [1.807, 2.05) is 74.5 Å². The van der Waals surface area contributed by atoms with Crippen LogP contribution in [0.2, 0.25) is 0 Å². The molecule has 0 saturated carbocycles. The first-order valence-corrected chi connectivity index (χ1v) is 10.4. The maximum absolute atomic E-state index is 12.7. The van der Waals surface area contributed by atoms with E-state index in [1.54, 1.807) is 24.4 Å². The van der Waals surface area contributed by atoms with Crippen molar-refractivity contribution in [2.45, 2.75) is 13.8 Å². The van der Waals surface area contributed by atoms with Crippen molar-refractivity contribution in [2.24, 2.45) is 0 Å². The van der Waals surface area contributed by atoms with Crippen molar-refractivity contribution in [3.05, 3.63) is 96.2 Å². The van der Waals surface area contributed by atoms with Crippen molar-refractivity contribution in [1.29, 1.82) is 0 Å². The van der Waals surface area contributed by atoms with Crippen molar-refractivity contribution in [2.75, 3.05) is 17.2 Å². The van der Waals surface area contributed by atoms with Crippen LogP contribution >= 0.6 is 0 Å². The minimum atomic E-state index is -0.194. The summed E-state index contributed by atoms with van der Waals surface area (Å²) in [6.45, 7) is 4.58. The fourth-order valence-corrected chi connectivity index (χ4v) is 3.16.